The molecule has 0 bridgehead atoms. The zero-order chi connectivity index (χ0) is 33.5. The van der Waals surface area contributed by atoms with E-state index in [1.807, 2.05) is 0 Å². The molecule has 0 amide bonds. The van der Waals surface area contributed by atoms with Gasteiger partial charge in [0.2, 0.25) is 0 Å². The van der Waals surface area contributed by atoms with Crippen molar-refractivity contribution in [3.8, 4) is 22.3 Å². The van der Waals surface area contributed by atoms with Crippen LogP contribution in [0, 0.1) is 0 Å². The number of para-hydroxylation sites is 2. The summed E-state index contributed by atoms with van der Waals surface area (Å²) in [6.07, 6.45) is 7.38. The summed E-state index contributed by atoms with van der Waals surface area (Å²) >= 11 is 0. The van der Waals surface area contributed by atoms with E-state index in [0.717, 1.165) is 34.1 Å². The quantitative estimate of drug-likeness (QED) is 0.154. The maximum atomic E-state index is 2.42. The first-order valence-electron chi connectivity index (χ1n) is 17.7. The molecule has 0 heterocycles. The second-order valence-electron chi connectivity index (χ2n) is 12.9. The van der Waals surface area contributed by atoms with Gasteiger partial charge in [0.05, 0.1) is 0 Å². The van der Waals surface area contributed by atoms with Crippen LogP contribution in [-0.4, -0.2) is 0 Å². The van der Waals surface area contributed by atoms with E-state index in [-0.39, 0.29) is 0 Å². The van der Waals surface area contributed by atoms with E-state index in [1.165, 1.54) is 59.1 Å². The predicted octanol–water partition coefficient (Wildman–Crippen LogP) is 13.9. The molecule has 7 aromatic rings. The SMILES string of the molecule is C1=C(c2ccc(N(c3ccccc3)c3ccc(-c4ccc(N(c5ccccc5)c5ccc(-c6ccccc6)cc5)cc4)cc3)cc2)CCCC1. The predicted molar refractivity (Wildman–Crippen MR) is 213 cm³/mol. The molecule has 1 aliphatic carbocycles. The van der Waals surface area contributed by atoms with E-state index in [2.05, 4.69) is 204 Å². The number of rotatable bonds is 9. The van der Waals surface area contributed by atoms with E-state index >= 15 is 0 Å². The Morgan fingerprint density at radius 2 is 0.600 bits per heavy atom. The van der Waals surface area contributed by atoms with Gasteiger partial charge in [-0.3, -0.25) is 0 Å². The van der Waals surface area contributed by atoms with E-state index in [9.17, 15) is 0 Å². The van der Waals surface area contributed by atoms with Gasteiger partial charge in [-0.15, -0.1) is 0 Å². The molecule has 2 heteroatoms. The van der Waals surface area contributed by atoms with E-state index < -0.39 is 0 Å². The van der Waals surface area contributed by atoms with Crippen LogP contribution in [0.1, 0.15) is 31.2 Å². The molecule has 0 radical (unpaired) electrons. The highest BCUT2D eigenvalue weighted by atomic mass is 15.1. The number of anilines is 6. The topological polar surface area (TPSA) is 6.48 Å². The van der Waals surface area contributed by atoms with Crippen LogP contribution in [0.3, 0.4) is 0 Å². The first-order valence-corrected chi connectivity index (χ1v) is 17.7. The minimum absolute atomic E-state index is 1.12. The van der Waals surface area contributed by atoms with Crippen molar-refractivity contribution >= 4 is 39.7 Å². The summed E-state index contributed by atoms with van der Waals surface area (Å²) in [7, 11) is 0. The van der Waals surface area contributed by atoms with Crippen molar-refractivity contribution in [2.75, 3.05) is 9.80 Å². The molecule has 0 N–H and O–H groups in total. The van der Waals surface area contributed by atoms with Crippen LogP contribution in [0.25, 0.3) is 27.8 Å². The van der Waals surface area contributed by atoms with Crippen molar-refractivity contribution < 1.29 is 0 Å². The maximum absolute atomic E-state index is 2.42. The molecule has 8 rings (SSSR count). The lowest BCUT2D eigenvalue weighted by atomic mass is 9.93. The Morgan fingerprint density at radius 1 is 0.280 bits per heavy atom. The molecule has 0 aliphatic heterocycles. The van der Waals surface area contributed by atoms with Crippen LogP contribution in [0.5, 0.6) is 0 Å². The molecule has 0 saturated heterocycles. The molecule has 242 valence electrons. The molecule has 1 aliphatic rings. The largest absolute Gasteiger partial charge is 0.311 e. The van der Waals surface area contributed by atoms with Crippen LogP contribution >= 0.6 is 0 Å². The van der Waals surface area contributed by atoms with Crippen LogP contribution < -0.4 is 9.80 Å². The molecule has 0 atom stereocenters. The summed E-state index contributed by atoms with van der Waals surface area (Å²) in [4.78, 5) is 4.65. The van der Waals surface area contributed by atoms with Crippen LogP contribution in [-0.2, 0) is 0 Å². The molecule has 0 aromatic heterocycles. The fourth-order valence-corrected chi connectivity index (χ4v) is 7.01. The first-order chi connectivity index (χ1) is 24.8. The molecule has 7 aromatic carbocycles. The monoisotopic (exact) mass is 644 g/mol. The molecular formula is C48H40N2. The van der Waals surface area contributed by atoms with Crippen molar-refractivity contribution in [2.24, 2.45) is 0 Å². The highest BCUT2D eigenvalue weighted by Gasteiger charge is 2.15. The van der Waals surface area contributed by atoms with Gasteiger partial charge in [-0.2, -0.15) is 0 Å². The van der Waals surface area contributed by atoms with E-state index in [1.54, 1.807) is 0 Å². The Hall–Kier alpha value is -6.12. The number of hydrogen-bond acceptors (Lipinski definition) is 2. The first kappa shape index (κ1) is 31.2. The Kier molecular flexibility index (Phi) is 9.07. The lowest BCUT2D eigenvalue weighted by Crippen LogP contribution is -2.10. The highest BCUT2D eigenvalue weighted by Crippen LogP contribution is 2.39. The number of allylic oxidation sites excluding steroid dienone is 2. The Bertz CT molecular complexity index is 2150. The summed E-state index contributed by atoms with van der Waals surface area (Å²) < 4.78 is 0. The van der Waals surface area contributed by atoms with Gasteiger partial charge in [0, 0.05) is 34.1 Å². The van der Waals surface area contributed by atoms with Crippen LogP contribution in [0.2, 0.25) is 0 Å². The second kappa shape index (κ2) is 14.6. The van der Waals surface area contributed by atoms with Gasteiger partial charge >= 0.3 is 0 Å². The van der Waals surface area contributed by atoms with Gasteiger partial charge in [0.1, 0.15) is 0 Å². The fourth-order valence-electron chi connectivity index (χ4n) is 7.01. The Morgan fingerprint density at radius 3 is 0.960 bits per heavy atom. The summed E-state index contributed by atoms with van der Waals surface area (Å²) in [6.45, 7) is 0. The number of benzene rings is 7. The molecule has 50 heavy (non-hydrogen) atoms. The van der Waals surface area contributed by atoms with Crippen molar-refractivity contribution in [3.63, 3.8) is 0 Å². The van der Waals surface area contributed by atoms with Gasteiger partial charge in [0.15, 0.2) is 0 Å². The summed E-state index contributed by atoms with van der Waals surface area (Å²) in [5, 5.41) is 0. The zero-order valence-electron chi connectivity index (χ0n) is 28.2. The second-order valence-corrected chi connectivity index (χ2v) is 12.9. The highest BCUT2D eigenvalue weighted by molar-refractivity contribution is 5.82. The molecule has 0 fully saturated rings. The normalized spacial score (nSPS) is 12.6. The van der Waals surface area contributed by atoms with Gasteiger partial charge in [-0.1, -0.05) is 121 Å². The van der Waals surface area contributed by atoms with Crippen LogP contribution in [0.15, 0.2) is 194 Å². The molecular weight excluding hydrogens is 605 g/mol. The molecule has 2 nitrogen and oxygen atoms in total. The average Bonchev–Trinajstić information content (AvgIpc) is 3.21. The maximum Gasteiger partial charge on any atom is 0.0462 e. The van der Waals surface area contributed by atoms with Gasteiger partial charge in [-0.25, -0.2) is 0 Å². The number of nitrogens with zero attached hydrogens (tertiary/aromatic N) is 2. The lowest BCUT2D eigenvalue weighted by molar-refractivity contribution is 0.742. The Labute approximate surface area is 296 Å². The summed E-state index contributed by atoms with van der Waals surface area (Å²) in [6, 6.07) is 67.5. The van der Waals surface area contributed by atoms with E-state index in [4.69, 9.17) is 0 Å². The number of hydrogen-bond donors (Lipinski definition) is 0. The van der Waals surface area contributed by atoms with E-state index in [0.29, 0.717) is 0 Å². The zero-order valence-corrected chi connectivity index (χ0v) is 28.2. The summed E-state index contributed by atoms with van der Waals surface area (Å²) in [5.74, 6) is 0. The third-order valence-electron chi connectivity index (χ3n) is 9.63. The van der Waals surface area contributed by atoms with Crippen LogP contribution in [0.4, 0.5) is 34.1 Å². The average molecular weight is 645 g/mol. The van der Waals surface area contributed by atoms with Crippen molar-refractivity contribution in [3.05, 3.63) is 200 Å². The van der Waals surface area contributed by atoms with Crippen molar-refractivity contribution in [2.45, 2.75) is 25.7 Å². The third-order valence-corrected chi connectivity index (χ3v) is 9.63. The Balaban J connectivity index is 1.07. The minimum atomic E-state index is 1.12. The standard InChI is InChI=1S/C48H40N2/c1-5-13-37(14-6-1)39-21-29-45(30-22-39)49(43-17-9-3-10-18-43)47-33-25-41(26-34-47)42-27-35-48(36-28-42)50(44-19-11-4-12-20-44)46-31-23-40(24-32-46)38-15-7-2-8-16-38/h1,3-6,9-15,17-36H,2,7-8,16H2. The van der Waals surface area contributed by atoms with Gasteiger partial charge in [0.25, 0.3) is 0 Å². The molecule has 0 saturated carbocycles. The summed E-state index contributed by atoms with van der Waals surface area (Å²) in [5.41, 5.74) is 14.4. The van der Waals surface area contributed by atoms with Gasteiger partial charge < -0.3 is 9.80 Å². The fraction of sp³-hybridized carbons (Fsp3) is 0.0833. The lowest BCUT2D eigenvalue weighted by Gasteiger charge is -2.26. The van der Waals surface area contributed by atoms with Crippen molar-refractivity contribution in [1.29, 1.82) is 0 Å². The smallest absolute Gasteiger partial charge is 0.0462 e. The molecule has 0 spiro atoms. The van der Waals surface area contributed by atoms with Gasteiger partial charge in [-0.05, 0) is 132 Å². The minimum Gasteiger partial charge on any atom is -0.311 e. The third kappa shape index (κ3) is 6.74. The molecule has 0 unspecified atom stereocenters. The van der Waals surface area contributed by atoms with Crippen molar-refractivity contribution in [1.82, 2.24) is 0 Å².